The van der Waals surface area contributed by atoms with Gasteiger partial charge in [0.05, 0.1) is 17.6 Å². The molecule has 3 rings (SSSR count). The summed E-state index contributed by atoms with van der Waals surface area (Å²) in [6.45, 7) is 10.1. The summed E-state index contributed by atoms with van der Waals surface area (Å²) >= 11 is 0. The smallest absolute Gasteiger partial charge is 0.254 e. The Bertz CT molecular complexity index is 977. The number of amides is 1. The molecule has 1 heterocycles. The Morgan fingerprint density at radius 1 is 1.10 bits per heavy atom. The van der Waals surface area contributed by atoms with Crippen molar-refractivity contribution < 1.29 is 17.9 Å². The van der Waals surface area contributed by atoms with Crippen LogP contribution < -0.4 is 4.72 Å². The number of carbonyl (C=O) groups excluding carboxylic acids is 1. The van der Waals surface area contributed by atoms with Crippen LogP contribution in [0.25, 0.3) is 0 Å². The van der Waals surface area contributed by atoms with Crippen molar-refractivity contribution in [2.24, 2.45) is 0 Å². The Morgan fingerprint density at radius 3 is 2.30 bits per heavy atom. The van der Waals surface area contributed by atoms with Crippen LogP contribution in [0.1, 0.15) is 49.2 Å². The first-order chi connectivity index (χ1) is 14.1. The second-order valence-corrected chi connectivity index (χ2v) is 10.5. The Morgan fingerprint density at radius 2 is 1.73 bits per heavy atom. The van der Waals surface area contributed by atoms with Crippen molar-refractivity contribution in [3.05, 3.63) is 65.2 Å². The van der Waals surface area contributed by atoms with Gasteiger partial charge in [-0.25, -0.2) is 13.1 Å². The number of hydrogen-bond acceptors (Lipinski definition) is 4. The van der Waals surface area contributed by atoms with Crippen LogP contribution >= 0.6 is 0 Å². The van der Waals surface area contributed by atoms with E-state index in [0.29, 0.717) is 25.3 Å². The lowest BCUT2D eigenvalue weighted by Crippen LogP contribution is -2.44. The van der Waals surface area contributed by atoms with Gasteiger partial charge in [0.15, 0.2) is 0 Å². The summed E-state index contributed by atoms with van der Waals surface area (Å²) in [7, 11) is -3.61. The van der Waals surface area contributed by atoms with Gasteiger partial charge >= 0.3 is 0 Å². The fourth-order valence-electron chi connectivity index (χ4n) is 3.35. The van der Waals surface area contributed by atoms with Gasteiger partial charge in [-0.1, -0.05) is 45.0 Å². The SMILES string of the molecule is CC1CN(C(=O)c2ccc(CNS(=O)(=O)c3ccc(C(C)(C)C)cc3)cc2)CCO1. The molecule has 1 fully saturated rings. The molecule has 7 heteroatoms. The summed E-state index contributed by atoms with van der Waals surface area (Å²) in [5.41, 5.74) is 2.43. The number of hydrogen-bond donors (Lipinski definition) is 1. The number of carbonyl (C=O) groups is 1. The lowest BCUT2D eigenvalue weighted by Gasteiger charge is -2.31. The standard InChI is InChI=1S/C23H30N2O4S/c1-17-16-25(13-14-29-17)22(26)19-7-5-18(6-8-19)15-24-30(27,28)21-11-9-20(10-12-21)23(2,3)4/h5-12,17,24H,13-16H2,1-4H3. The maximum absolute atomic E-state index is 12.6. The van der Waals surface area contributed by atoms with Gasteiger partial charge in [-0.05, 0) is 47.7 Å². The lowest BCUT2D eigenvalue weighted by atomic mass is 9.87. The minimum Gasteiger partial charge on any atom is -0.375 e. The molecule has 1 unspecified atom stereocenters. The number of ether oxygens (including phenoxy) is 1. The minimum atomic E-state index is -3.61. The van der Waals surface area contributed by atoms with Crippen molar-refractivity contribution in [2.75, 3.05) is 19.7 Å². The highest BCUT2D eigenvalue weighted by atomic mass is 32.2. The second kappa shape index (κ2) is 8.88. The molecule has 1 aliphatic rings. The van der Waals surface area contributed by atoms with Crippen molar-refractivity contribution in [1.29, 1.82) is 0 Å². The van der Waals surface area contributed by atoms with Gasteiger partial charge in [-0.2, -0.15) is 0 Å². The average Bonchev–Trinajstić information content (AvgIpc) is 2.72. The highest BCUT2D eigenvalue weighted by Crippen LogP contribution is 2.23. The third-order valence-corrected chi connectivity index (χ3v) is 6.64. The van der Waals surface area contributed by atoms with E-state index in [1.807, 2.05) is 19.1 Å². The molecule has 1 atom stereocenters. The minimum absolute atomic E-state index is 0.0313. The Labute approximate surface area is 179 Å². The Hall–Kier alpha value is -2.22. The molecular weight excluding hydrogens is 400 g/mol. The number of morpholine rings is 1. The molecule has 0 radical (unpaired) electrons. The maximum Gasteiger partial charge on any atom is 0.254 e. The van der Waals surface area contributed by atoms with Crippen LogP contribution in [-0.2, 0) is 26.7 Å². The second-order valence-electron chi connectivity index (χ2n) is 8.73. The molecule has 162 valence electrons. The molecule has 1 N–H and O–H groups in total. The Kier molecular flexibility index (Phi) is 6.65. The zero-order valence-electron chi connectivity index (χ0n) is 18.0. The molecule has 2 aromatic carbocycles. The number of nitrogens with one attached hydrogen (secondary N) is 1. The predicted molar refractivity (Wildman–Crippen MR) is 117 cm³/mol. The van der Waals surface area contributed by atoms with Crippen LogP contribution in [0, 0.1) is 0 Å². The normalized spacial score (nSPS) is 17.7. The molecule has 2 aromatic rings. The van der Waals surface area contributed by atoms with Crippen LogP contribution in [0.2, 0.25) is 0 Å². The van der Waals surface area contributed by atoms with Crippen molar-refractivity contribution in [1.82, 2.24) is 9.62 Å². The highest BCUT2D eigenvalue weighted by molar-refractivity contribution is 7.89. The fraction of sp³-hybridized carbons (Fsp3) is 0.435. The quantitative estimate of drug-likeness (QED) is 0.790. The summed E-state index contributed by atoms with van der Waals surface area (Å²) in [4.78, 5) is 14.6. The van der Waals surface area contributed by atoms with Crippen LogP contribution in [0.5, 0.6) is 0 Å². The molecule has 1 aliphatic heterocycles. The lowest BCUT2D eigenvalue weighted by molar-refractivity contribution is -0.0124. The summed E-state index contributed by atoms with van der Waals surface area (Å²) in [6, 6.07) is 14.0. The molecule has 0 aromatic heterocycles. The van der Waals surface area contributed by atoms with Gasteiger partial charge in [-0.15, -0.1) is 0 Å². The molecule has 0 aliphatic carbocycles. The van der Waals surface area contributed by atoms with Crippen molar-refractivity contribution in [2.45, 2.75) is 50.7 Å². The third-order valence-electron chi connectivity index (χ3n) is 5.23. The van der Waals surface area contributed by atoms with E-state index in [9.17, 15) is 13.2 Å². The third kappa shape index (κ3) is 5.47. The van der Waals surface area contributed by atoms with Gasteiger partial charge in [-0.3, -0.25) is 4.79 Å². The van der Waals surface area contributed by atoms with E-state index in [1.165, 1.54) is 0 Å². The van der Waals surface area contributed by atoms with Gasteiger partial charge in [0.1, 0.15) is 0 Å². The zero-order chi connectivity index (χ0) is 21.9. The monoisotopic (exact) mass is 430 g/mol. The van der Waals surface area contributed by atoms with Crippen molar-refractivity contribution in [3.8, 4) is 0 Å². The molecule has 30 heavy (non-hydrogen) atoms. The van der Waals surface area contributed by atoms with Crippen LogP contribution in [0.3, 0.4) is 0 Å². The van der Waals surface area contributed by atoms with Crippen molar-refractivity contribution in [3.63, 3.8) is 0 Å². The molecule has 1 saturated heterocycles. The van der Waals surface area contributed by atoms with Gasteiger partial charge in [0, 0.05) is 25.2 Å². The van der Waals surface area contributed by atoms with Crippen LogP contribution in [-0.4, -0.2) is 45.0 Å². The molecule has 0 saturated carbocycles. The first-order valence-electron chi connectivity index (χ1n) is 10.2. The molecule has 1 amide bonds. The fourth-order valence-corrected chi connectivity index (χ4v) is 4.36. The molecule has 0 spiro atoms. The van der Waals surface area contributed by atoms with Crippen LogP contribution in [0.15, 0.2) is 53.4 Å². The number of nitrogens with zero attached hydrogens (tertiary/aromatic N) is 1. The topological polar surface area (TPSA) is 75.7 Å². The number of sulfonamides is 1. The van der Waals surface area contributed by atoms with E-state index in [1.54, 1.807) is 41.3 Å². The average molecular weight is 431 g/mol. The summed E-state index contributed by atoms with van der Waals surface area (Å²) < 4.78 is 33.3. The zero-order valence-corrected chi connectivity index (χ0v) is 18.8. The first-order valence-corrected chi connectivity index (χ1v) is 11.6. The summed E-state index contributed by atoms with van der Waals surface area (Å²) in [6.07, 6.45) is 0.0360. The molecular formula is C23H30N2O4S. The summed E-state index contributed by atoms with van der Waals surface area (Å²) in [5.74, 6) is -0.0313. The van der Waals surface area contributed by atoms with E-state index >= 15 is 0 Å². The van der Waals surface area contributed by atoms with E-state index < -0.39 is 10.0 Å². The van der Waals surface area contributed by atoms with E-state index in [0.717, 1.165) is 11.1 Å². The van der Waals surface area contributed by atoms with Crippen molar-refractivity contribution >= 4 is 15.9 Å². The summed E-state index contributed by atoms with van der Waals surface area (Å²) in [5, 5.41) is 0. The number of rotatable bonds is 5. The molecule has 6 nitrogen and oxygen atoms in total. The largest absolute Gasteiger partial charge is 0.375 e. The first kappa shape index (κ1) is 22.5. The molecule has 0 bridgehead atoms. The van der Waals surface area contributed by atoms with Crippen LogP contribution in [0.4, 0.5) is 0 Å². The van der Waals surface area contributed by atoms with Gasteiger partial charge in [0.2, 0.25) is 10.0 Å². The highest BCUT2D eigenvalue weighted by Gasteiger charge is 2.22. The van der Waals surface area contributed by atoms with E-state index in [-0.39, 0.29) is 28.9 Å². The Balaban J connectivity index is 1.62. The number of benzene rings is 2. The van der Waals surface area contributed by atoms with E-state index in [4.69, 9.17) is 4.74 Å². The predicted octanol–water partition coefficient (Wildman–Crippen LogP) is 3.32. The van der Waals surface area contributed by atoms with Gasteiger partial charge < -0.3 is 9.64 Å². The maximum atomic E-state index is 12.6. The van der Waals surface area contributed by atoms with Gasteiger partial charge in [0.25, 0.3) is 5.91 Å². The van der Waals surface area contributed by atoms with E-state index in [2.05, 4.69) is 25.5 Å².